The van der Waals surface area contributed by atoms with Gasteiger partial charge in [-0.05, 0) is 12.1 Å². The lowest BCUT2D eigenvalue weighted by Gasteiger charge is -2.27. The van der Waals surface area contributed by atoms with Crippen LogP contribution in [0.15, 0.2) is 48.9 Å². The third-order valence-corrected chi connectivity index (χ3v) is 7.46. The molecular weight excluding hydrogens is 429 g/mol. The van der Waals surface area contributed by atoms with Gasteiger partial charge in [0.15, 0.2) is 6.67 Å². The van der Waals surface area contributed by atoms with E-state index in [1.165, 1.54) is 16.9 Å². The number of aromatic nitrogens is 4. The van der Waals surface area contributed by atoms with Crippen LogP contribution in [-0.2, 0) is 21.6 Å². The molecule has 0 radical (unpaired) electrons. The van der Waals surface area contributed by atoms with E-state index in [9.17, 15) is 9.90 Å². The number of hydrogen-bond acceptors (Lipinski definition) is 7. The molecule has 3 aromatic rings. The van der Waals surface area contributed by atoms with Crippen molar-refractivity contribution >= 4 is 11.8 Å². The van der Waals surface area contributed by atoms with Crippen LogP contribution in [0.25, 0.3) is 11.1 Å². The third kappa shape index (κ3) is 2.94. The molecule has 2 aromatic heterocycles. The molecular formula is C23H23FN5O4+. The molecule has 6 rings (SSSR count). The Bertz CT molecular complexity index is 1190. The van der Waals surface area contributed by atoms with Crippen molar-refractivity contribution in [1.29, 1.82) is 0 Å². The van der Waals surface area contributed by atoms with E-state index in [0.717, 1.165) is 5.69 Å². The molecule has 10 heteroatoms. The summed E-state index contributed by atoms with van der Waals surface area (Å²) in [5.41, 5.74) is 1.99. The maximum absolute atomic E-state index is 15.3. The van der Waals surface area contributed by atoms with Gasteiger partial charge in [0.25, 0.3) is 0 Å². The summed E-state index contributed by atoms with van der Waals surface area (Å²) in [7, 11) is 0. The molecule has 2 unspecified atom stereocenters. The normalized spacial score (nSPS) is 30.3. The number of hydrogen-bond donors (Lipinski definition) is 1. The molecule has 9 nitrogen and oxygen atoms in total. The average molecular weight is 452 g/mol. The number of nitrogens with zero attached hydrogens (tertiary/aromatic N) is 5. The molecule has 3 aliphatic rings. The Morgan fingerprint density at radius 1 is 1.24 bits per heavy atom. The first-order valence-corrected chi connectivity index (χ1v) is 10.9. The minimum atomic E-state index is -0.452. The molecule has 3 fully saturated rings. The fourth-order valence-corrected chi connectivity index (χ4v) is 5.49. The SMILES string of the molecule is O=C1OCC[N+]1(Cn1ccnn1)c1ccc(-c2ccc(C3(CO)[C@@H]4COC[C@@H]43)nc2)c(F)c1. The van der Waals surface area contributed by atoms with E-state index >= 15 is 4.39 Å². The highest BCUT2D eigenvalue weighted by Gasteiger charge is 2.68. The van der Waals surface area contributed by atoms with Crippen molar-refractivity contribution in [3.8, 4) is 11.1 Å². The first-order valence-electron chi connectivity index (χ1n) is 10.9. The van der Waals surface area contributed by atoms with Crippen molar-refractivity contribution in [2.75, 3.05) is 33.0 Å². The van der Waals surface area contributed by atoms with Crippen LogP contribution < -0.4 is 4.48 Å². The van der Waals surface area contributed by atoms with Crippen molar-refractivity contribution in [2.45, 2.75) is 12.1 Å². The summed E-state index contributed by atoms with van der Waals surface area (Å²) in [6.07, 6.45) is 4.38. The summed E-state index contributed by atoms with van der Waals surface area (Å²) in [5, 5.41) is 17.7. The second-order valence-electron chi connectivity index (χ2n) is 8.93. The number of rotatable bonds is 6. The molecule has 1 aliphatic carbocycles. The number of carbonyl (C=O) groups is 1. The summed E-state index contributed by atoms with van der Waals surface area (Å²) < 4.78 is 27.3. The molecule has 4 heterocycles. The van der Waals surface area contributed by atoms with Crippen molar-refractivity contribution in [2.24, 2.45) is 11.8 Å². The molecule has 0 bridgehead atoms. The molecule has 1 aromatic carbocycles. The number of aliphatic hydroxyl groups excluding tert-OH is 1. The zero-order chi connectivity index (χ0) is 22.6. The van der Waals surface area contributed by atoms with Crippen molar-refractivity contribution < 1.29 is 23.8 Å². The second-order valence-corrected chi connectivity index (χ2v) is 8.93. The van der Waals surface area contributed by atoms with Crippen LogP contribution in [0.5, 0.6) is 0 Å². The van der Waals surface area contributed by atoms with E-state index in [4.69, 9.17) is 9.47 Å². The molecule has 33 heavy (non-hydrogen) atoms. The fraction of sp³-hybridized carbons (Fsp3) is 0.391. The number of cyclic esters (lactones) is 1. The first-order chi connectivity index (χ1) is 16.1. The number of quaternary nitrogens is 1. The van der Waals surface area contributed by atoms with Crippen LogP contribution in [0.4, 0.5) is 14.9 Å². The van der Waals surface area contributed by atoms with E-state index in [1.54, 1.807) is 24.5 Å². The monoisotopic (exact) mass is 452 g/mol. The van der Waals surface area contributed by atoms with Crippen LogP contribution in [0.3, 0.4) is 0 Å². The Hall–Kier alpha value is -3.21. The Balaban J connectivity index is 1.30. The van der Waals surface area contributed by atoms with E-state index < -0.39 is 11.9 Å². The van der Waals surface area contributed by atoms with Gasteiger partial charge in [-0.15, -0.1) is 5.10 Å². The average Bonchev–Trinajstić information content (AvgIpc) is 3.36. The van der Waals surface area contributed by atoms with Gasteiger partial charge in [0.05, 0.1) is 32.2 Å². The van der Waals surface area contributed by atoms with Gasteiger partial charge < -0.3 is 14.6 Å². The van der Waals surface area contributed by atoms with Gasteiger partial charge in [-0.2, -0.15) is 9.28 Å². The largest absolute Gasteiger partial charge is 0.523 e. The summed E-state index contributed by atoms with van der Waals surface area (Å²) in [4.78, 5) is 17.2. The van der Waals surface area contributed by atoms with Crippen LogP contribution in [0.2, 0.25) is 0 Å². The first kappa shape index (κ1) is 20.4. The number of pyridine rings is 1. The number of halogens is 1. The van der Waals surface area contributed by atoms with E-state index in [2.05, 4.69) is 15.3 Å². The Labute approximate surface area is 189 Å². The second kappa shape index (κ2) is 7.41. The van der Waals surface area contributed by atoms with Crippen LogP contribution in [0, 0.1) is 17.7 Å². The molecule has 1 saturated carbocycles. The lowest BCUT2D eigenvalue weighted by Crippen LogP contribution is -2.51. The van der Waals surface area contributed by atoms with Crippen LogP contribution in [-0.4, -0.2) is 64.1 Å². The molecule has 1 N–H and O–H groups in total. The van der Waals surface area contributed by atoms with E-state index in [-0.39, 0.29) is 29.8 Å². The molecule has 0 spiro atoms. The predicted octanol–water partition coefficient (Wildman–Crippen LogP) is 2.10. The van der Waals surface area contributed by atoms with Crippen molar-refractivity contribution in [3.63, 3.8) is 0 Å². The van der Waals surface area contributed by atoms with Gasteiger partial charge in [0.1, 0.15) is 24.7 Å². The van der Waals surface area contributed by atoms with Crippen molar-refractivity contribution in [3.05, 3.63) is 60.4 Å². The van der Waals surface area contributed by atoms with Gasteiger partial charge in [-0.1, -0.05) is 11.3 Å². The lowest BCUT2D eigenvalue weighted by molar-refractivity contribution is 0.118. The smallest absolute Gasteiger partial charge is 0.414 e. The maximum atomic E-state index is 15.3. The highest BCUT2D eigenvalue weighted by molar-refractivity contribution is 5.84. The Morgan fingerprint density at radius 3 is 2.70 bits per heavy atom. The number of ether oxygens (including phenoxy) is 2. The maximum Gasteiger partial charge on any atom is 0.523 e. The summed E-state index contributed by atoms with van der Waals surface area (Å²) >= 11 is 0. The molecule has 4 atom stereocenters. The summed E-state index contributed by atoms with van der Waals surface area (Å²) in [6.45, 7) is 2.11. The topological polar surface area (TPSA) is 99.4 Å². The molecule has 2 aliphatic heterocycles. The molecule has 1 amide bonds. The van der Waals surface area contributed by atoms with Gasteiger partial charge in [-0.25, -0.2) is 9.07 Å². The number of fused-ring (bicyclic) bond motifs is 1. The standard InChI is InChI=1S/C23H23FN5O4/c24-20-9-16(29(7-8-33-22(29)31)14-28-6-5-26-27-28)2-3-17(20)15-1-4-21(25-10-15)23(13-30)18-11-32-12-19(18)23/h1-6,9-10,18-19,30H,7-8,11-14H2/q+1/t18-,19+,23?,29?. The van der Waals surface area contributed by atoms with Gasteiger partial charge in [-0.3, -0.25) is 4.98 Å². The Morgan fingerprint density at radius 2 is 2.09 bits per heavy atom. The molecule has 170 valence electrons. The van der Waals surface area contributed by atoms with Crippen molar-refractivity contribution in [1.82, 2.24) is 24.5 Å². The minimum absolute atomic E-state index is 0.0307. The zero-order valence-corrected chi connectivity index (χ0v) is 17.8. The zero-order valence-electron chi connectivity index (χ0n) is 17.8. The van der Waals surface area contributed by atoms with Crippen LogP contribution >= 0.6 is 0 Å². The minimum Gasteiger partial charge on any atom is -0.414 e. The lowest BCUT2D eigenvalue weighted by atomic mass is 9.95. The number of aliphatic hydroxyl groups is 1. The van der Waals surface area contributed by atoms with Gasteiger partial charge in [0.2, 0.25) is 0 Å². The number of benzene rings is 1. The Kier molecular flexibility index (Phi) is 4.58. The summed E-state index contributed by atoms with van der Waals surface area (Å²) in [5.74, 6) is 0.135. The van der Waals surface area contributed by atoms with E-state index in [1.807, 2.05) is 12.1 Å². The van der Waals surface area contributed by atoms with Gasteiger partial charge >= 0.3 is 6.09 Å². The highest BCUT2D eigenvalue weighted by atomic mass is 19.1. The van der Waals surface area contributed by atoms with Crippen LogP contribution in [0.1, 0.15) is 5.69 Å². The van der Waals surface area contributed by atoms with E-state index in [0.29, 0.717) is 48.4 Å². The summed E-state index contributed by atoms with van der Waals surface area (Å²) in [6, 6.07) is 8.48. The molecule has 2 saturated heterocycles. The fourth-order valence-electron chi connectivity index (χ4n) is 5.49. The van der Waals surface area contributed by atoms with Gasteiger partial charge in [0, 0.05) is 52.4 Å². The quantitative estimate of drug-likeness (QED) is 0.572. The third-order valence-electron chi connectivity index (χ3n) is 7.46. The highest BCUT2D eigenvalue weighted by Crippen LogP contribution is 2.62. The number of amides is 1. The number of carbonyl (C=O) groups excluding carboxylic acids is 1. The predicted molar refractivity (Wildman–Crippen MR) is 114 cm³/mol.